The number of benzene rings is 1. The van der Waals surface area contributed by atoms with Gasteiger partial charge in [0.25, 0.3) is 10.1 Å². The van der Waals surface area contributed by atoms with Gasteiger partial charge >= 0.3 is 0 Å². The summed E-state index contributed by atoms with van der Waals surface area (Å²) in [4.78, 5) is 16.0. The predicted octanol–water partition coefficient (Wildman–Crippen LogP) is 5.99. The zero-order valence-corrected chi connectivity index (χ0v) is 19.8. The smallest absolute Gasteiger partial charge is 0.294 e. The number of fused-ring (bicyclic) bond motifs is 8. The zero-order chi connectivity index (χ0) is 23.3. The fourth-order valence-corrected chi connectivity index (χ4v) is 4.54. The van der Waals surface area contributed by atoms with Crippen molar-refractivity contribution in [3.05, 3.63) is 89.5 Å². The van der Waals surface area contributed by atoms with Gasteiger partial charge in [0.05, 0.1) is 27.7 Å². The minimum absolute atomic E-state index is 0. The molecule has 0 fully saturated rings. The number of H-pyrrole nitrogens is 2. The van der Waals surface area contributed by atoms with E-state index in [1.54, 1.807) is 12.1 Å². The van der Waals surface area contributed by atoms with Gasteiger partial charge in [0.2, 0.25) is 0 Å². The first-order valence-corrected chi connectivity index (χ1v) is 12.0. The number of rotatable bonds is 2. The van der Waals surface area contributed by atoms with Crippen molar-refractivity contribution in [3.8, 4) is 11.1 Å². The van der Waals surface area contributed by atoms with Gasteiger partial charge in [0, 0.05) is 27.6 Å². The van der Waals surface area contributed by atoms with E-state index in [4.69, 9.17) is 0 Å². The molecule has 0 aliphatic carbocycles. The van der Waals surface area contributed by atoms with Crippen molar-refractivity contribution in [3.63, 3.8) is 0 Å². The van der Waals surface area contributed by atoms with Crippen LogP contribution in [0.25, 0.3) is 57.5 Å². The molecule has 0 amide bonds. The van der Waals surface area contributed by atoms with Gasteiger partial charge in [0.15, 0.2) is 0 Å². The van der Waals surface area contributed by atoms with Crippen LogP contribution in [0, 0.1) is 0 Å². The van der Waals surface area contributed by atoms with Crippen molar-refractivity contribution in [2.45, 2.75) is 4.90 Å². The summed E-state index contributed by atoms with van der Waals surface area (Å²) in [6.45, 7) is 0. The molecule has 5 heterocycles. The summed E-state index contributed by atoms with van der Waals surface area (Å²) < 4.78 is 32.2. The van der Waals surface area contributed by atoms with Gasteiger partial charge in [-0.3, -0.25) is 4.55 Å². The topological polar surface area (TPSA) is 112 Å². The van der Waals surface area contributed by atoms with E-state index in [-0.39, 0.29) is 17.3 Å². The van der Waals surface area contributed by atoms with Crippen molar-refractivity contribution in [1.29, 1.82) is 0 Å². The van der Waals surface area contributed by atoms with Gasteiger partial charge in [-0.1, -0.05) is 12.1 Å². The molecule has 35 heavy (non-hydrogen) atoms. The molecule has 0 saturated heterocycles. The SMILES string of the molecule is Cl.O=S(=O)(O)c1ccc(-c2cc3cc4ccc(cc5nc(cc6nc(cc2[nH]3)C=C6)C=C5)[nH]4)cc1. The van der Waals surface area contributed by atoms with Crippen molar-refractivity contribution < 1.29 is 13.0 Å². The van der Waals surface area contributed by atoms with E-state index in [0.29, 0.717) is 0 Å². The summed E-state index contributed by atoms with van der Waals surface area (Å²) >= 11 is 0. The van der Waals surface area contributed by atoms with Crippen LogP contribution in [0.2, 0.25) is 0 Å². The van der Waals surface area contributed by atoms with Crippen molar-refractivity contribution in [1.82, 2.24) is 19.9 Å². The standard InChI is InChI=1S/C26H18N4O3S.ClH/c31-34(32,33)24-9-1-16(2-10-24)25-14-23-13-21-6-5-19(28-21)11-17-3-4-18(27-17)12-20-7-8-22(29-20)15-26(25)30-23;/h1-15,28,30H,(H,31,32,33);1H. The number of halogens is 1. The van der Waals surface area contributed by atoms with Crippen LogP contribution in [-0.2, 0) is 10.1 Å². The molecule has 0 spiro atoms. The molecule has 174 valence electrons. The van der Waals surface area contributed by atoms with Crippen LogP contribution in [0.3, 0.4) is 0 Å². The van der Waals surface area contributed by atoms with E-state index in [0.717, 1.165) is 56.0 Å². The minimum Gasteiger partial charge on any atom is -0.355 e. The average Bonchev–Trinajstić information content (AvgIpc) is 3.58. The summed E-state index contributed by atoms with van der Waals surface area (Å²) in [7, 11) is -4.26. The molecular weight excluding hydrogens is 484 g/mol. The number of nitrogens with zero attached hydrogens (tertiary/aromatic N) is 2. The van der Waals surface area contributed by atoms with Gasteiger partial charge in [0.1, 0.15) is 0 Å². The highest BCUT2D eigenvalue weighted by Gasteiger charge is 2.11. The maximum absolute atomic E-state index is 11.4. The highest BCUT2D eigenvalue weighted by Crippen LogP contribution is 2.28. The molecule has 0 atom stereocenters. The Morgan fingerprint density at radius 3 is 1.83 bits per heavy atom. The van der Waals surface area contributed by atoms with E-state index < -0.39 is 10.1 Å². The Balaban J connectivity index is 0.00000253. The van der Waals surface area contributed by atoms with E-state index in [2.05, 4.69) is 19.9 Å². The number of aromatic amines is 2. The highest BCUT2D eigenvalue weighted by atomic mass is 35.5. The molecule has 8 bridgehead atoms. The number of hydrogen-bond donors (Lipinski definition) is 3. The Hall–Kier alpha value is -3.98. The second-order valence-corrected chi connectivity index (χ2v) is 9.51. The summed E-state index contributed by atoms with van der Waals surface area (Å²) in [6.07, 6.45) is 7.81. The van der Waals surface area contributed by atoms with Crippen LogP contribution in [0.4, 0.5) is 0 Å². The third kappa shape index (κ3) is 4.67. The maximum atomic E-state index is 11.4. The van der Waals surface area contributed by atoms with Gasteiger partial charge in [-0.05, 0) is 84.5 Å². The van der Waals surface area contributed by atoms with E-state index in [1.165, 1.54) is 12.1 Å². The second kappa shape index (κ2) is 8.66. The fraction of sp³-hybridized carbons (Fsp3) is 0. The molecule has 1 aromatic carbocycles. The van der Waals surface area contributed by atoms with E-state index in [9.17, 15) is 13.0 Å². The molecule has 0 unspecified atom stereocenters. The van der Waals surface area contributed by atoms with E-state index >= 15 is 0 Å². The van der Waals surface area contributed by atoms with Gasteiger partial charge < -0.3 is 9.97 Å². The lowest BCUT2D eigenvalue weighted by Crippen LogP contribution is -1.97. The summed E-state index contributed by atoms with van der Waals surface area (Å²) in [5, 5.41) is 0. The second-order valence-electron chi connectivity index (χ2n) is 8.09. The first-order valence-electron chi connectivity index (χ1n) is 10.6. The minimum atomic E-state index is -4.26. The van der Waals surface area contributed by atoms with Crippen molar-refractivity contribution >= 4 is 68.9 Å². The molecule has 9 heteroatoms. The summed E-state index contributed by atoms with van der Waals surface area (Å²) in [5.74, 6) is 0. The molecule has 2 aliphatic heterocycles. The Morgan fingerprint density at radius 2 is 1.20 bits per heavy atom. The maximum Gasteiger partial charge on any atom is 0.294 e. The third-order valence-electron chi connectivity index (χ3n) is 5.63. The normalized spacial score (nSPS) is 12.5. The van der Waals surface area contributed by atoms with Crippen molar-refractivity contribution in [2.24, 2.45) is 0 Å². The van der Waals surface area contributed by atoms with E-state index in [1.807, 2.05) is 66.8 Å². The number of nitrogens with one attached hydrogen (secondary N) is 2. The molecule has 0 saturated carbocycles. The van der Waals surface area contributed by atoms with Crippen LogP contribution in [0.15, 0.2) is 71.6 Å². The van der Waals surface area contributed by atoms with Crippen LogP contribution >= 0.6 is 12.4 Å². The largest absolute Gasteiger partial charge is 0.355 e. The van der Waals surface area contributed by atoms with Crippen LogP contribution < -0.4 is 0 Å². The lowest BCUT2D eigenvalue weighted by atomic mass is 10.1. The first kappa shape index (κ1) is 22.8. The first-order chi connectivity index (χ1) is 16.4. The predicted molar refractivity (Wildman–Crippen MR) is 141 cm³/mol. The fourth-order valence-electron chi connectivity index (χ4n) is 4.06. The molecule has 2 aliphatic rings. The van der Waals surface area contributed by atoms with Crippen LogP contribution in [-0.4, -0.2) is 32.9 Å². The molecular formula is C26H19ClN4O3S. The Bertz CT molecular complexity index is 1780. The zero-order valence-electron chi connectivity index (χ0n) is 18.1. The summed E-state index contributed by atoms with van der Waals surface area (Å²) in [6, 6.07) is 20.0. The molecule has 3 aromatic heterocycles. The van der Waals surface area contributed by atoms with Crippen LogP contribution in [0.5, 0.6) is 0 Å². The van der Waals surface area contributed by atoms with Gasteiger partial charge in [-0.2, -0.15) is 8.42 Å². The Kier molecular flexibility index (Phi) is 5.64. The lowest BCUT2D eigenvalue weighted by Gasteiger charge is -2.01. The molecule has 7 nitrogen and oxygen atoms in total. The lowest BCUT2D eigenvalue weighted by molar-refractivity contribution is 0.483. The highest BCUT2D eigenvalue weighted by molar-refractivity contribution is 7.85. The molecule has 6 rings (SSSR count). The number of aromatic nitrogens is 4. The molecule has 3 N–H and O–H groups in total. The number of hydrogen-bond acceptors (Lipinski definition) is 4. The summed E-state index contributed by atoms with van der Waals surface area (Å²) in [5.41, 5.74) is 8.53. The van der Waals surface area contributed by atoms with Crippen molar-refractivity contribution in [2.75, 3.05) is 0 Å². The Labute approximate surface area is 207 Å². The van der Waals surface area contributed by atoms with Gasteiger partial charge in [-0.15, -0.1) is 12.4 Å². The average molecular weight is 503 g/mol. The molecule has 0 radical (unpaired) electrons. The third-order valence-corrected chi connectivity index (χ3v) is 6.50. The monoisotopic (exact) mass is 502 g/mol. The quantitative estimate of drug-likeness (QED) is 0.252. The Morgan fingerprint density at radius 1 is 0.629 bits per heavy atom. The molecule has 4 aromatic rings. The van der Waals surface area contributed by atoms with Gasteiger partial charge in [-0.25, -0.2) is 9.97 Å². The van der Waals surface area contributed by atoms with Crippen LogP contribution in [0.1, 0.15) is 22.8 Å².